The molecule has 0 saturated heterocycles. The van der Waals surface area contributed by atoms with E-state index < -0.39 is 16.9 Å². The highest BCUT2D eigenvalue weighted by atomic mass is 32.2. The van der Waals surface area contributed by atoms with Gasteiger partial charge in [0.05, 0.1) is 11.6 Å². The third-order valence-electron chi connectivity index (χ3n) is 1.46. The number of hydrogen-bond donors (Lipinski definition) is 0. The van der Waals surface area contributed by atoms with Gasteiger partial charge in [-0.05, 0) is 23.8 Å². The Bertz CT molecular complexity index is 386. The van der Waals surface area contributed by atoms with E-state index >= 15 is 0 Å². The summed E-state index contributed by atoms with van der Waals surface area (Å²) < 4.78 is 33.3. The van der Waals surface area contributed by atoms with Crippen LogP contribution in [-0.4, -0.2) is 8.76 Å². The average molecular weight is 198 g/mol. The van der Waals surface area contributed by atoms with Crippen molar-refractivity contribution in [1.29, 1.82) is 5.26 Å². The van der Waals surface area contributed by atoms with Crippen LogP contribution in [0.3, 0.4) is 0 Å². The van der Waals surface area contributed by atoms with Crippen LogP contribution in [0.4, 0.5) is 4.39 Å². The van der Waals surface area contributed by atoms with E-state index in [-0.39, 0.29) is 16.9 Å². The van der Waals surface area contributed by atoms with Gasteiger partial charge in [-0.25, -0.2) is 4.39 Å². The molecule has 68 valence electrons. The topological polar surface area (TPSA) is 63.9 Å². The predicted octanol–water partition coefficient (Wildman–Crippen LogP) is 1.08. The van der Waals surface area contributed by atoms with Gasteiger partial charge in [-0.2, -0.15) is 5.26 Å². The number of nitrogens with zero attached hydrogens (tertiary/aromatic N) is 1. The molecule has 0 bridgehead atoms. The summed E-state index contributed by atoms with van der Waals surface area (Å²) in [6.07, 6.45) is 0. The smallest absolute Gasteiger partial charge is 0.123 e. The van der Waals surface area contributed by atoms with Crippen molar-refractivity contribution in [2.75, 3.05) is 0 Å². The van der Waals surface area contributed by atoms with Crippen LogP contribution < -0.4 is 0 Å². The Kier molecular flexibility index (Phi) is 3.12. The van der Waals surface area contributed by atoms with Crippen molar-refractivity contribution < 1.29 is 13.2 Å². The van der Waals surface area contributed by atoms with Crippen molar-refractivity contribution in [3.05, 3.63) is 35.1 Å². The molecule has 5 heteroatoms. The van der Waals surface area contributed by atoms with Crippen LogP contribution in [0.5, 0.6) is 0 Å². The van der Waals surface area contributed by atoms with E-state index in [1.165, 1.54) is 6.07 Å². The molecule has 0 radical (unpaired) electrons. The Labute approximate surface area is 77.1 Å². The summed E-state index contributed by atoms with van der Waals surface area (Å²) in [4.78, 5) is 0. The summed E-state index contributed by atoms with van der Waals surface area (Å²) in [6, 6.07) is 5.22. The lowest BCUT2D eigenvalue weighted by Crippen LogP contribution is -1.97. The molecular formula is C8H5FNO2S-. The number of halogens is 1. The van der Waals surface area contributed by atoms with Gasteiger partial charge in [-0.15, -0.1) is 0 Å². The lowest BCUT2D eigenvalue weighted by Gasteiger charge is -2.06. The van der Waals surface area contributed by atoms with E-state index in [0.717, 1.165) is 12.1 Å². The standard InChI is InChI=1S/C8H6FNO2S/c9-8-2-1-6(4-10)7(3-8)5-13(11)12/h1-3H,5H2,(H,11,12)/p-1. The third-order valence-corrected chi connectivity index (χ3v) is 2.01. The fourth-order valence-corrected chi connectivity index (χ4v) is 1.41. The van der Waals surface area contributed by atoms with Crippen molar-refractivity contribution in [2.45, 2.75) is 5.75 Å². The normalized spacial score (nSPS) is 12.1. The largest absolute Gasteiger partial charge is 0.772 e. The van der Waals surface area contributed by atoms with Gasteiger partial charge in [0.15, 0.2) is 0 Å². The van der Waals surface area contributed by atoms with E-state index in [1.807, 2.05) is 0 Å². The molecule has 0 heterocycles. The Morgan fingerprint density at radius 3 is 2.85 bits per heavy atom. The first-order valence-electron chi connectivity index (χ1n) is 3.38. The lowest BCUT2D eigenvalue weighted by molar-refractivity contribution is 0.536. The molecule has 0 aromatic heterocycles. The molecule has 0 spiro atoms. The van der Waals surface area contributed by atoms with Crippen LogP contribution in [0.1, 0.15) is 11.1 Å². The fourth-order valence-electron chi connectivity index (χ4n) is 0.918. The van der Waals surface area contributed by atoms with E-state index in [4.69, 9.17) is 5.26 Å². The van der Waals surface area contributed by atoms with Crippen molar-refractivity contribution in [3.8, 4) is 6.07 Å². The highest BCUT2D eigenvalue weighted by molar-refractivity contribution is 7.78. The summed E-state index contributed by atoms with van der Waals surface area (Å²) in [5.74, 6) is -0.875. The minimum Gasteiger partial charge on any atom is -0.772 e. The maximum atomic E-state index is 12.6. The van der Waals surface area contributed by atoms with E-state index in [1.54, 1.807) is 6.07 Å². The zero-order chi connectivity index (χ0) is 9.84. The molecule has 0 amide bonds. The molecule has 0 aliphatic carbocycles. The van der Waals surface area contributed by atoms with Gasteiger partial charge in [0.1, 0.15) is 5.82 Å². The second kappa shape index (κ2) is 4.12. The molecule has 0 aliphatic rings. The first-order valence-corrected chi connectivity index (χ1v) is 4.62. The Morgan fingerprint density at radius 2 is 2.31 bits per heavy atom. The van der Waals surface area contributed by atoms with Crippen molar-refractivity contribution in [2.24, 2.45) is 0 Å². The number of benzene rings is 1. The van der Waals surface area contributed by atoms with Gasteiger partial charge in [0, 0.05) is 5.75 Å². The monoisotopic (exact) mass is 198 g/mol. The molecule has 0 aliphatic heterocycles. The molecular weight excluding hydrogens is 193 g/mol. The minimum absolute atomic E-state index is 0.186. The molecule has 13 heavy (non-hydrogen) atoms. The third kappa shape index (κ3) is 2.61. The second-order valence-electron chi connectivity index (χ2n) is 2.36. The molecule has 1 rings (SSSR count). The van der Waals surface area contributed by atoms with Crippen LogP contribution in [0.25, 0.3) is 0 Å². The first-order chi connectivity index (χ1) is 6.13. The quantitative estimate of drug-likeness (QED) is 0.668. The summed E-state index contributed by atoms with van der Waals surface area (Å²) in [6.45, 7) is 0. The molecule has 3 nitrogen and oxygen atoms in total. The average Bonchev–Trinajstić information content (AvgIpc) is 2.03. The highest BCUT2D eigenvalue weighted by Gasteiger charge is 2.03. The molecule has 1 atom stereocenters. The van der Waals surface area contributed by atoms with Crippen molar-refractivity contribution >= 4 is 11.1 Å². The summed E-state index contributed by atoms with van der Waals surface area (Å²) in [7, 11) is 0. The zero-order valence-corrected chi connectivity index (χ0v) is 7.31. The van der Waals surface area contributed by atoms with Crippen LogP contribution in [-0.2, 0) is 16.8 Å². The van der Waals surface area contributed by atoms with Crippen molar-refractivity contribution in [1.82, 2.24) is 0 Å². The van der Waals surface area contributed by atoms with Crippen LogP contribution in [0.2, 0.25) is 0 Å². The van der Waals surface area contributed by atoms with E-state index in [9.17, 15) is 13.2 Å². The Balaban J connectivity index is 3.10. The second-order valence-corrected chi connectivity index (χ2v) is 3.26. The Hall–Kier alpha value is -1.25. The predicted molar refractivity (Wildman–Crippen MR) is 43.7 cm³/mol. The molecule has 1 aromatic carbocycles. The van der Waals surface area contributed by atoms with Gasteiger partial charge >= 0.3 is 0 Å². The lowest BCUT2D eigenvalue weighted by atomic mass is 10.1. The number of rotatable bonds is 2. The van der Waals surface area contributed by atoms with Gasteiger partial charge in [-0.1, -0.05) is 11.1 Å². The zero-order valence-electron chi connectivity index (χ0n) is 6.49. The molecule has 1 unspecified atom stereocenters. The van der Waals surface area contributed by atoms with Gasteiger partial charge in [-0.3, -0.25) is 4.21 Å². The maximum absolute atomic E-state index is 12.6. The van der Waals surface area contributed by atoms with Gasteiger partial charge in [0.2, 0.25) is 0 Å². The van der Waals surface area contributed by atoms with Gasteiger partial charge in [0.25, 0.3) is 0 Å². The SMILES string of the molecule is N#Cc1ccc(F)cc1CS(=O)[O-]. The van der Waals surface area contributed by atoms with Gasteiger partial charge < -0.3 is 4.55 Å². The van der Waals surface area contributed by atoms with Crippen molar-refractivity contribution in [3.63, 3.8) is 0 Å². The van der Waals surface area contributed by atoms with E-state index in [0.29, 0.717) is 0 Å². The summed E-state index contributed by atoms with van der Waals surface area (Å²) >= 11 is -2.30. The summed E-state index contributed by atoms with van der Waals surface area (Å²) in [5, 5.41) is 8.55. The molecule has 0 saturated carbocycles. The first kappa shape index (κ1) is 9.84. The minimum atomic E-state index is -2.30. The highest BCUT2D eigenvalue weighted by Crippen LogP contribution is 2.11. The summed E-state index contributed by atoms with van der Waals surface area (Å²) in [5.41, 5.74) is 0.376. The van der Waals surface area contributed by atoms with E-state index in [2.05, 4.69) is 0 Å². The molecule has 0 N–H and O–H groups in total. The maximum Gasteiger partial charge on any atom is 0.123 e. The van der Waals surface area contributed by atoms with Crippen LogP contribution in [0.15, 0.2) is 18.2 Å². The molecule has 0 fully saturated rings. The molecule has 1 aromatic rings. The Morgan fingerprint density at radius 1 is 1.62 bits per heavy atom. The number of nitriles is 1. The number of hydrogen-bond acceptors (Lipinski definition) is 3. The fraction of sp³-hybridized carbons (Fsp3) is 0.125. The van der Waals surface area contributed by atoms with Crippen LogP contribution in [0, 0.1) is 17.1 Å². The van der Waals surface area contributed by atoms with Crippen LogP contribution >= 0.6 is 0 Å².